The van der Waals surface area contributed by atoms with Crippen molar-refractivity contribution in [2.45, 2.75) is 38.1 Å². The van der Waals surface area contributed by atoms with Crippen molar-refractivity contribution in [2.24, 2.45) is 5.92 Å². The standard InChI is InChI=1S/C16H22F3N5O4/c1-27-13(25)10-3-4-23(15(26)28-2)11(7-10)8-22-5-6-24-12(9-22)20-21-14(24)16(17,18)19/h10-11H,3-9H2,1-2H3. The molecule has 28 heavy (non-hydrogen) atoms. The molecular weight excluding hydrogens is 383 g/mol. The number of rotatable bonds is 3. The SMILES string of the molecule is COC(=O)C1CCN(C(=O)OC)C(CN2CCn3c(nnc3C(F)(F)F)C2)C1. The van der Waals surface area contributed by atoms with E-state index in [0.29, 0.717) is 32.5 Å². The molecule has 0 N–H and O–H groups in total. The Hall–Kier alpha value is -2.37. The van der Waals surface area contributed by atoms with E-state index in [0.717, 1.165) is 4.57 Å². The van der Waals surface area contributed by atoms with E-state index < -0.39 is 18.1 Å². The van der Waals surface area contributed by atoms with Gasteiger partial charge in [-0.25, -0.2) is 4.79 Å². The van der Waals surface area contributed by atoms with Gasteiger partial charge in [0.1, 0.15) is 5.82 Å². The molecule has 0 saturated carbocycles. The molecule has 2 atom stereocenters. The number of esters is 1. The number of aromatic nitrogens is 3. The number of ether oxygens (including phenoxy) is 2. The molecule has 12 heteroatoms. The van der Waals surface area contributed by atoms with Gasteiger partial charge in [0.25, 0.3) is 0 Å². The number of hydrogen-bond acceptors (Lipinski definition) is 7. The number of methoxy groups -OCH3 is 2. The third-order valence-corrected chi connectivity index (χ3v) is 5.21. The molecule has 1 saturated heterocycles. The zero-order valence-corrected chi connectivity index (χ0v) is 15.6. The highest BCUT2D eigenvalue weighted by molar-refractivity contribution is 5.73. The quantitative estimate of drug-likeness (QED) is 0.697. The van der Waals surface area contributed by atoms with Crippen LogP contribution in [0.1, 0.15) is 24.5 Å². The van der Waals surface area contributed by atoms with Crippen molar-refractivity contribution in [3.8, 4) is 0 Å². The summed E-state index contributed by atoms with van der Waals surface area (Å²) in [6.45, 7) is 1.36. The van der Waals surface area contributed by atoms with Gasteiger partial charge in [0.2, 0.25) is 5.82 Å². The van der Waals surface area contributed by atoms with Crippen molar-refractivity contribution in [3.63, 3.8) is 0 Å². The molecule has 1 amide bonds. The van der Waals surface area contributed by atoms with Crippen LogP contribution in [0.25, 0.3) is 0 Å². The molecule has 1 fully saturated rings. The van der Waals surface area contributed by atoms with Crippen LogP contribution in [0, 0.1) is 5.92 Å². The maximum atomic E-state index is 13.0. The van der Waals surface area contributed by atoms with Gasteiger partial charge in [-0.2, -0.15) is 13.2 Å². The van der Waals surface area contributed by atoms with E-state index in [2.05, 4.69) is 10.2 Å². The summed E-state index contributed by atoms with van der Waals surface area (Å²) in [6.07, 6.45) is -4.17. The van der Waals surface area contributed by atoms with Gasteiger partial charge >= 0.3 is 18.2 Å². The first-order valence-electron chi connectivity index (χ1n) is 8.88. The second-order valence-corrected chi connectivity index (χ2v) is 6.89. The van der Waals surface area contributed by atoms with E-state index in [1.54, 1.807) is 4.90 Å². The highest BCUT2D eigenvalue weighted by Gasteiger charge is 2.41. The summed E-state index contributed by atoms with van der Waals surface area (Å²) >= 11 is 0. The Morgan fingerprint density at radius 1 is 1.14 bits per heavy atom. The van der Waals surface area contributed by atoms with Crippen LogP contribution in [0.15, 0.2) is 0 Å². The smallest absolute Gasteiger partial charge is 0.451 e. The number of hydrogen-bond donors (Lipinski definition) is 0. The lowest BCUT2D eigenvalue weighted by molar-refractivity contribution is -0.148. The monoisotopic (exact) mass is 405 g/mol. The number of alkyl halides is 3. The Kier molecular flexibility index (Phi) is 5.77. The molecule has 0 aliphatic carbocycles. The summed E-state index contributed by atoms with van der Waals surface area (Å²) in [5.74, 6) is -1.44. The van der Waals surface area contributed by atoms with E-state index in [4.69, 9.17) is 9.47 Å². The predicted molar refractivity (Wildman–Crippen MR) is 87.9 cm³/mol. The maximum absolute atomic E-state index is 13.0. The molecule has 3 rings (SSSR count). The fourth-order valence-electron chi connectivity index (χ4n) is 3.83. The van der Waals surface area contributed by atoms with Crippen LogP contribution in [0.2, 0.25) is 0 Å². The van der Waals surface area contributed by atoms with E-state index in [-0.39, 0.29) is 36.8 Å². The normalized spacial score (nSPS) is 23.2. The van der Waals surface area contributed by atoms with Gasteiger partial charge in [0.15, 0.2) is 0 Å². The second-order valence-electron chi connectivity index (χ2n) is 6.89. The highest BCUT2D eigenvalue weighted by atomic mass is 19.4. The van der Waals surface area contributed by atoms with Gasteiger partial charge in [-0.05, 0) is 12.8 Å². The first-order valence-corrected chi connectivity index (χ1v) is 8.88. The van der Waals surface area contributed by atoms with Gasteiger partial charge in [0, 0.05) is 32.2 Å². The molecule has 2 aliphatic rings. The summed E-state index contributed by atoms with van der Waals surface area (Å²) in [6, 6.07) is -0.318. The minimum atomic E-state index is -4.55. The largest absolute Gasteiger partial charge is 0.469 e. The summed E-state index contributed by atoms with van der Waals surface area (Å²) < 4.78 is 49.6. The van der Waals surface area contributed by atoms with Crippen molar-refractivity contribution >= 4 is 12.1 Å². The van der Waals surface area contributed by atoms with E-state index >= 15 is 0 Å². The van der Waals surface area contributed by atoms with Crippen LogP contribution in [0.4, 0.5) is 18.0 Å². The first-order chi connectivity index (χ1) is 13.2. The van der Waals surface area contributed by atoms with Crippen molar-refractivity contribution in [1.29, 1.82) is 0 Å². The van der Waals surface area contributed by atoms with E-state index in [1.807, 2.05) is 4.90 Å². The molecule has 0 radical (unpaired) electrons. The van der Waals surface area contributed by atoms with Crippen molar-refractivity contribution < 1.29 is 32.2 Å². The number of carbonyl (C=O) groups excluding carboxylic acids is 2. The average molecular weight is 405 g/mol. The molecule has 156 valence electrons. The lowest BCUT2D eigenvalue weighted by Crippen LogP contribution is -2.53. The third-order valence-electron chi connectivity index (χ3n) is 5.21. The zero-order chi connectivity index (χ0) is 20.5. The summed E-state index contributed by atoms with van der Waals surface area (Å²) in [4.78, 5) is 27.5. The van der Waals surface area contributed by atoms with Crippen LogP contribution in [-0.2, 0) is 33.5 Å². The van der Waals surface area contributed by atoms with Crippen molar-refractivity contribution in [2.75, 3.05) is 33.9 Å². The third kappa shape index (κ3) is 4.05. The maximum Gasteiger partial charge on any atom is 0.451 e. The zero-order valence-electron chi connectivity index (χ0n) is 15.6. The van der Waals surface area contributed by atoms with Gasteiger partial charge in [0.05, 0.1) is 26.7 Å². The van der Waals surface area contributed by atoms with Gasteiger partial charge in [-0.15, -0.1) is 10.2 Å². The Balaban J connectivity index is 1.72. The molecule has 0 aromatic carbocycles. The minimum absolute atomic E-state index is 0.0998. The number of fused-ring (bicyclic) bond motifs is 1. The molecule has 2 aliphatic heterocycles. The fourth-order valence-corrected chi connectivity index (χ4v) is 3.83. The lowest BCUT2D eigenvalue weighted by Gasteiger charge is -2.40. The van der Waals surface area contributed by atoms with Crippen LogP contribution in [0.3, 0.4) is 0 Å². The topological polar surface area (TPSA) is 89.8 Å². The minimum Gasteiger partial charge on any atom is -0.469 e. The number of carbonyl (C=O) groups is 2. The summed E-state index contributed by atoms with van der Waals surface area (Å²) in [5, 5.41) is 6.93. The molecule has 1 aromatic heterocycles. The first kappa shape index (κ1) is 20.4. The molecule has 1 aromatic rings. The summed E-state index contributed by atoms with van der Waals surface area (Å²) in [7, 11) is 2.60. The predicted octanol–water partition coefficient (Wildman–Crippen LogP) is 1.13. The molecule has 0 spiro atoms. The van der Waals surface area contributed by atoms with Crippen molar-refractivity contribution in [3.05, 3.63) is 11.6 Å². The Morgan fingerprint density at radius 2 is 1.89 bits per heavy atom. The van der Waals surface area contributed by atoms with Gasteiger partial charge in [-0.1, -0.05) is 0 Å². The Labute approximate surface area is 159 Å². The number of piperidine rings is 1. The van der Waals surface area contributed by atoms with E-state index in [1.165, 1.54) is 14.2 Å². The van der Waals surface area contributed by atoms with E-state index in [9.17, 15) is 22.8 Å². The lowest BCUT2D eigenvalue weighted by atomic mass is 9.90. The number of likely N-dealkylation sites (tertiary alicyclic amines) is 1. The summed E-state index contributed by atoms with van der Waals surface area (Å²) in [5.41, 5.74) is 0. The van der Waals surface area contributed by atoms with Crippen molar-refractivity contribution in [1.82, 2.24) is 24.6 Å². The van der Waals surface area contributed by atoms with Crippen LogP contribution >= 0.6 is 0 Å². The van der Waals surface area contributed by atoms with Gasteiger partial charge < -0.3 is 18.9 Å². The fraction of sp³-hybridized carbons (Fsp3) is 0.750. The Morgan fingerprint density at radius 3 is 2.54 bits per heavy atom. The Bertz CT molecular complexity index is 738. The highest BCUT2D eigenvalue weighted by Crippen LogP contribution is 2.30. The molecule has 3 heterocycles. The molecule has 9 nitrogen and oxygen atoms in total. The second kappa shape index (κ2) is 7.94. The molecule has 2 unspecified atom stereocenters. The molecular formula is C16H22F3N5O4. The van der Waals surface area contributed by atoms with Crippen LogP contribution in [-0.4, -0.2) is 76.5 Å². The average Bonchev–Trinajstić information content (AvgIpc) is 3.10. The number of nitrogens with zero attached hydrogens (tertiary/aromatic N) is 5. The molecule has 0 bridgehead atoms. The van der Waals surface area contributed by atoms with Crippen LogP contribution < -0.4 is 0 Å². The van der Waals surface area contributed by atoms with Crippen LogP contribution in [0.5, 0.6) is 0 Å². The van der Waals surface area contributed by atoms with Gasteiger partial charge in [-0.3, -0.25) is 9.69 Å². The number of amides is 1. The number of halogens is 3.